The van der Waals surface area contributed by atoms with Gasteiger partial charge in [0.1, 0.15) is 5.82 Å². The average Bonchev–Trinajstić information content (AvgIpc) is 3.38. The van der Waals surface area contributed by atoms with E-state index in [-0.39, 0.29) is 11.7 Å². The number of aromatic amines is 1. The van der Waals surface area contributed by atoms with E-state index >= 15 is 4.39 Å². The Hall–Kier alpha value is -2.62. The molecule has 32 heavy (non-hydrogen) atoms. The number of carbonyl (C=O) groups is 2. The number of H-pyrrole nitrogens is 1. The van der Waals surface area contributed by atoms with Gasteiger partial charge in [0.25, 0.3) is 5.91 Å². The fourth-order valence-corrected chi connectivity index (χ4v) is 5.04. The number of hydrogen-bond donors (Lipinski definition) is 4. The van der Waals surface area contributed by atoms with Crippen LogP contribution in [0.25, 0.3) is 10.9 Å². The summed E-state index contributed by atoms with van der Waals surface area (Å²) in [5.74, 6) is -3.42. The number of rotatable bonds is 2. The number of carbonyl (C=O) groups excluding carboxylic acids is 1. The van der Waals surface area contributed by atoms with E-state index in [1.165, 1.54) is 36.6 Å². The van der Waals surface area contributed by atoms with Gasteiger partial charge < -0.3 is 21.1 Å². The van der Waals surface area contributed by atoms with Crippen LogP contribution in [0.2, 0.25) is 0 Å². The largest absolute Gasteiger partial charge is 0.490 e. The maximum Gasteiger partial charge on any atom is 0.490 e. The van der Waals surface area contributed by atoms with Crippen molar-refractivity contribution in [1.82, 2.24) is 10.3 Å². The molecule has 3 aliphatic rings. The number of fused-ring (bicyclic) bond motifs is 3. The SMILES string of the molecule is NC(=O)c1cc(F)c(C2CCCNC2)c2c3c([nH]c12)CCC1(CC1)C3.O=C(O)C(F)(F)F. The normalized spacial score (nSPS) is 21.6. The molecule has 6 nitrogen and oxygen atoms in total. The number of aliphatic carboxylic acids is 1. The molecule has 1 atom stereocenters. The van der Waals surface area contributed by atoms with Crippen LogP contribution in [0, 0.1) is 11.2 Å². The number of amides is 1. The molecule has 1 saturated carbocycles. The molecule has 0 bridgehead atoms. The molecule has 5 N–H and O–H groups in total. The van der Waals surface area contributed by atoms with E-state index in [0.29, 0.717) is 11.0 Å². The second-order valence-corrected chi connectivity index (χ2v) is 9.04. The molecule has 1 aromatic heterocycles. The van der Waals surface area contributed by atoms with Crippen LogP contribution < -0.4 is 11.1 Å². The van der Waals surface area contributed by atoms with Crippen LogP contribution in [0.3, 0.4) is 0 Å². The van der Waals surface area contributed by atoms with Crippen LogP contribution in [0.4, 0.5) is 17.6 Å². The Balaban J connectivity index is 0.000000307. The number of halogens is 4. The van der Waals surface area contributed by atoms with E-state index < -0.39 is 18.1 Å². The number of piperidine rings is 1. The highest BCUT2D eigenvalue weighted by atomic mass is 19.4. The predicted octanol–water partition coefficient (Wildman–Crippen LogP) is 3.78. The fraction of sp³-hybridized carbons (Fsp3) is 0.545. The molecule has 174 valence electrons. The molecule has 1 unspecified atom stereocenters. The maximum absolute atomic E-state index is 15.1. The Morgan fingerprint density at radius 1 is 1.22 bits per heavy atom. The number of carboxylic acids is 1. The molecule has 1 spiro atoms. The van der Waals surface area contributed by atoms with E-state index in [1.54, 1.807) is 0 Å². The van der Waals surface area contributed by atoms with Crippen LogP contribution in [-0.4, -0.2) is 41.2 Å². The molecule has 2 aliphatic carbocycles. The fourth-order valence-electron chi connectivity index (χ4n) is 5.04. The molecule has 10 heteroatoms. The highest BCUT2D eigenvalue weighted by molar-refractivity contribution is 6.07. The number of aryl methyl sites for hydroxylation is 1. The maximum atomic E-state index is 15.1. The van der Waals surface area contributed by atoms with Crippen molar-refractivity contribution in [2.75, 3.05) is 13.1 Å². The third-order valence-corrected chi connectivity index (χ3v) is 6.89. The van der Waals surface area contributed by atoms with E-state index in [0.717, 1.165) is 55.2 Å². The van der Waals surface area contributed by atoms with Gasteiger partial charge in [-0.3, -0.25) is 4.79 Å². The lowest BCUT2D eigenvalue weighted by molar-refractivity contribution is -0.192. The van der Waals surface area contributed by atoms with Gasteiger partial charge in [-0.15, -0.1) is 0 Å². The first-order valence-electron chi connectivity index (χ1n) is 10.7. The Morgan fingerprint density at radius 2 is 1.91 bits per heavy atom. The third kappa shape index (κ3) is 4.20. The minimum Gasteiger partial charge on any atom is -0.475 e. The molecule has 1 aromatic carbocycles. The minimum absolute atomic E-state index is 0.162. The quantitative estimate of drug-likeness (QED) is 0.517. The van der Waals surface area contributed by atoms with Crippen molar-refractivity contribution in [1.29, 1.82) is 0 Å². The number of primary amides is 1. The van der Waals surface area contributed by atoms with Gasteiger partial charge in [-0.2, -0.15) is 13.2 Å². The Bertz CT molecular complexity index is 1070. The van der Waals surface area contributed by atoms with Crippen LogP contribution in [0.1, 0.15) is 65.2 Å². The van der Waals surface area contributed by atoms with Crippen molar-refractivity contribution < 1.29 is 32.3 Å². The Morgan fingerprint density at radius 3 is 2.44 bits per heavy atom. The highest BCUT2D eigenvalue weighted by Gasteiger charge is 2.46. The number of benzene rings is 1. The molecule has 2 aromatic rings. The monoisotopic (exact) mass is 455 g/mol. The molecule has 2 heterocycles. The first kappa shape index (κ1) is 22.6. The third-order valence-electron chi connectivity index (χ3n) is 6.89. The summed E-state index contributed by atoms with van der Waals surface area (Å²) in [5.41, 5.74) is 10.3. The lowest BCUT2D eigenvalue weighted by Gasteiger charge is -2.26. The zero-order valence-corrected chi connectivity index (χ0v) is 17.4. The van der Waals surface area contributed by atoms with Gasteiger partial charge in [0.2, 0.25) is 0 Å². The van der Waals surface area contributed by atoms with E-state index in [9.17, 15) is 18.0 Å². The smallest absolute Gasteiger partial charge is 0.475 e. The van der Waals surface area contributed by atoms with Gasteiger partial charge in [0.15, 0.2) is 0 Å². The summed E-state index contributed by atoms with van der Waals surface area (Å²) in [5, 5.41) is 11.5. The number of aromatic nitrogens is 1. The van der Waals surface area contributed by atoms with Gasteiger partial charge in [0.05, 0.1) is 11.1 Å². The second-order valence-electron chi connectivity index (χ2n) is 9.04. The molecule has 1 saturated heterocycles. The van der Waals surface area contributed by atoms with Crippen LogP contribution in [0.15, 0.2) is 6.07 Å². The first-order chi connectivity index (χ1) is 15.0. The van der Waals surface area contributed by atoms with Crippen molar-refractivity contribution in [2.45, 2.75) is 57.0 Å². The van der Waals surface area contributed by atoms with Gasteiger partial charge in [-0.05, 0) is 74.5 Å². The summed E-state index contributed by atoms with van der Waals surface area (Å²) in [6.45, 7) is 1.79. The molecular weight excluding hydrogens is 430 g/mol. The highest BCUT2D eigenvalue weighted by Crippen LogP contribution is 2.56. The lowest BCUT2D eigenvalue weighted by Crippen LogP contribution is -2.29. The topological polar surface area (TPSA) is 108 Å². The van der Waals surface area contributed by atoms with E-state index in [1.807, 2.05) is 0 Å². The number of nitrogens with two attached hydrogens (primary N) is 1. The van der Waals surface area contributed by atoms with Crippen LogP contribution in [0.5, 0.6) is 0 Å². The minimum atomic E-state index is -5.08. The first-order valence-corrected chi connectivity index (χ1v) is 10.7. The van der Waals surface area contributed by atoms with Gasteiger partial charge >= 0.3 is 12.1 Å². The van der Waals surface area contributed by atoms with Gasteiger partial charge in [-0.1, -0.05) is 0 Å². The number of carboxylic acid groups (broad SMARTS) is 1. The molecule has 1 amide bonds. The van der Waals surface area contributed by atoms with Crippen molar-refractivity contribution >= 4 is 22.8 Å². The average molecular weight is 455 g/mol. The summed E-state index contributed by atoms with van der Waals surface area (Å²) in [4.78, 5) is 24.3. The van der Waals surface area contributed by atoms with E-state index in [4.69, 9.17) is 15.6 Å². The number of hydrogen-bond acceptors (Lipinski definition) is 3. The molecule has 5 rings (SSSR count). The summed E-state index contributed by atoms with van der Waals surface area (Å²) < 4.78 is 46.9. The summed E-state index contributed by atoms with van der Waals surface area (Å²) >= 11 is 0. The van der Waals surface area contributed by atoms with Crippen LogP contribution >= 0.6 is 0 Å². The zero-order chi connectivity index (χ0) is 23.3. The standard InChI is InChI=1S/C20H24FN3O.C2HF3O2/c21-14-8-12(19(22)25)18-17(16(14)11-2-1-7-23-10-11)13-9-20(5-6-20)4-3-15(13)24-18;3-2(4,5)1(6)7/h8,11,23-24H,1-7,9-10H2,(H2,22,25);(H,6,7). The molecule has 0 radical (unpaired) electrons. The molecular formula is C22H25F4N3O3. The van der Waals surface area contributed by atoms with Crippen molar-refractivity contribution in [3.8, 4) is 0 Å². The van der Waals surface area contributed by atoms with Gasteiger partial charge in [0, 0.05) is 23.2 Å². The number of nitrogens with one attached hydrogen (secondary N) is 2. The zero-order valence-electron chi connectivity index (χ0n) is 17.4. The Kier molecular flexibility index (Phi) is 5.68. The number of alkyl halides is 3. The van der Waals surface area contributed by atoms with Crippen molar-refractivity contribution in [3.05, 3.63) is 34.3 Å². The molecule has 2 fully saturated rings. The Labute approximate surface area is 181 Å². The summed E-state index contributed by atoms with van der Waals surface area (Å²) in [7, 11) is 0. The van der Waals surface area contributed by atoms with Crippen molar-refractivity contribution in [2.24, 2.45) is 11.1 Å². The predicted molar refractivity (Wildman–Crippen MR) is 109 cm³/mol. The van der Waals surface area contributed by atoms with Gasteiger partial charge in [-0.25, -0.2) is 9.18 Å². The second kappa shape index (κ2) is 8.06. The van der Waals surface area contributed by atoms with E-state index in [2.05, 4.69) is 10.3 Å². The van der Waals surface area contributed by atoms with Crippen LogP contribution in [-0.2, 0) is 17.6 Å². The van der Waals surface area contributed by atoms with Crippen molar-refractivity contribution in [3.63, 3.8) is 0 Å². The summed E-state index contributed by atoms with van der Waals surface area (Å²) in [6.07, 6.45) is 2.71. The summed E-state index contributed by atoms with van der Waals surface area (Å²) in [6, 6.07) is 1.35. The lowest BCUT2D eigenvalue weighted by atomic mass is 9.80. The molecule has 1 aliphatic heterocycles.